The third-order valence-corrected chi connectivity index (χ3v) is 3.83. The van der Waals surface area contributed by atoms with E-state index in [0.29, 0.717) is 19.0 Å². The standard InChI is InChI=1S/C17H18FN3O2/c1-12-2-7-16(20-19-12)23-15-8-9-21(11-15)17(22)10-13-3-5-14(18)6-4-13/h2-7,15H,8-11H2,1H3. The molecule has 2 heterocycles. The summed E-state index contributed by atoms with van der Waals surface area (Å²) in [6.45, 7) is 3.06. The molecule has 1 aliphatic heterocycles. The van der Waals surface area contributed by atoms with E-state index in [1.54, 1.807) is 23.1 Å². The van der Waals surface area contributed by atoms with E-state index >= 15 is 0 Å². The second kappa shape index (κ2) is 6.73. The number of aromatic nitrogens is 2. The van der Waals surface area contributed by atoms with Gasteiger partial charge in [-0.15, -0.1) is 5.10 Å². The van der Waals surface area contributed by atoms with Crippen molar-refractivity contribution in [2.45, 2.75) is 25.9 Å². The van der Waals surface area contributed by atoms with Gasteiger partial charge in [-0.1, -0.05) is 12.1 Å². The number of hydrogen-bond acceptors (Lipinski definition) is 4. The zero-order valence-electron chi connectivity index (χ0n) is 12.9. The molecule has 1 aliphatic rings. The summed E-state index contributed by atoms with van der Waals surface area (Å²) in [5.41, 5.74) is 1.64. The van der Waals surface area contributed by atoms with Gasteiger partial charge in [0, 0.05) is 19.0 Å². The summed E-state index contributed by atoms with van der Waals surface area (Å²) in [4.78, 5) is 14.1. The summed E-state index contributed by atoms with van der Waals surface area (Å²) in [5.74, 6) is 0.209. The first kappa shape index (κ1) is 15.4. The number of hydrogen-bond donors (Lipinski definition) is 0. The summed E-state index contributed by atoms with van der Waals surface area (Å²) in [6.07, 6.45) is 0.978. The fourth-order valence-electron chi connectivity index (χ4n) is 2.56. The molecular weight excluding hydrogens is 297 g/mol. The highest BCUT2D eigenvalue weighted by Gasteiger charge is 2.27. The van der Waals surface area contributed by atoms with Gasteiger partial charge in [-0.05, 0) is 30.7 Å². The Bertz CT molecular complexity index is 673. The fourth-order valence-corrected chi connectivity index (χ4v) is 2.56. The van der Waals surface area contributed by atoms with Gasteiger partial charge < -0.3 is 9.64 Å². The molecule has 6 heteroatoms. The molecule has 0 aliphatic carbocycles. The monoisotopic (exact) mass is 315 g/mol. The number of amides is 1. The smallest absolute Gasteiger partial charge is 0.233 e. The van der Waals surface area contributed by atoms with Crippen LogP contribution >= 0.6 is 0 Å². The molecule has 0 spiro atoms. The molecule has 1 aromatic heterocycles. The summed E-state index contributed by atoms with van der Waals surface area (Å²) in [7, 11) is 0. The number of aryl methyl sites for hydroxylation is 1. The van der Waals surface area contributed by atoms with E-state index in [1.807, 2.05) is 13.0 Å². The SMILES string of the molecule is Cc1ccc(OC2CCN(C(=O)Cc3ccc(F)cc3)C2)nn1. The van der Waals surface area contributed by atoms with Crippen molar-refractivity contribution in [2.24, 2.45) is 0 Å². The Morgan fingerprint density at radius 3 is 2.74 bits per heavy atom. The summed E-state index contributed by atoms with van der Waals surface area (Å²) in [5, 5.41) is 7.93. The number of nitrogens with zero attached hydrogens (tertiary/aromatic N) is 3. The van der Waals surface area contributed by atoms with Crippen molar-refractivity contribution < 1.29 is 13.9 Å². The van der Waals surface area contributed by atoms with E-state index in [1.165, 1.54) is 12.1 Å². The highest BCUT2D eigenvalue weighted by Crippen LogP contribution is 2.17. The maximum absolute atomic E-state index is 12.9. The molecule has 0 radical (unpaired) electrons. The number of carbonyl (C=O) groups is 1. The number of benzene rings is 1. The zero-order chi connectivity index (χ0) is 16.2. The van der Waals surface area contributed by atoms with Crippen molar-refractivity contribution in [2.75, 3.05) is 13.1 Å². The second-order valence-corrected chi connectivity index (χ2v) is 5.68. The Hall–Kier alpha value is -2.50. The Kier molecular flexibility index (Phi) is 4.50. The molecule has 0 saturated carbocycles. The van der Waals surface area contributed by atoms with Gasteiger partial charge in [-0.25, -0.2) is 4.39 Å². The van der Waals surface area contributed by atoms with Gasteiger partial charge >= 0.3 is 0 Å². The van der Waals surface area contributed by atoms with Crippen LogP contribution in [0.5, 0.6) is 5.88 Å². The van der Waals surface area contributed by atoms with Gasteiger partial charge in [-0.3, -0.25) is 4.79 Å². The normalized spacial score (nSPS) is 17.3. The number of likely N-dealkylation sites (tertiary alicyclic amines) is 1. The van der Waals surface area contributed by atoms with Gasteiger partial charge in [0.2, 0.25) is 11.8 Å². The topological polar surface area (TPSA) is 55.3 Å². The van der Waals surface area contributed by atoms with Gasteiger partial charge in [0.1, 0.15) is 11.9 Å². The van der Waals surface area contributed by atoms with Gasteiger partial charge in [0.25, 0.3) is 0 Å². The zero-order valence-corrected chi connectivity index (χ0v) is 12.9. The third kappa shape index (κ3) is 4.03. The van der Waals surface area contributed by atoms with Crippen LogP contribution in [0, 0.1) is 12.7 Å². The lowest BCUT2D eigenvalue weighted by atomic mass is 10.1. The largest absolute Gasteiger partial charge is 0.471 e. The first-order valence-corrected chi connectivity index (χ1v) is 7.59. The summed E-state index contributed by atoms with van der Waals surface area (Å²) >= 11 is 0. The van der Waals surface area contributed by atoms with E-state index in [-0.39, 0.29) is 24.2 Å². The molecule has 1 aromatic carbocycles. The van der Waals surface area contributed by atoms with Crippen LogP contribution in [0.4, 0.5) is 4.39 Å². The Morgan fingerprint density at radius 2 is 2.04 bits per heavy atom. The predicted octanol–water partition coefficient (Wildman–Crippen LogP) is 2.15. The van der Waals surface area contributed by atoms with Crippen LogP contribution in [0.1, 0.15) is 17.7 Å². The van der Waals surface area contributed by atoms with Crippen LogP contribution in [0.15, 0.2) is 36.4 Å². The number of halogens is 1. The summed E-state index contributed by atoms with van der Waals surface area (Å²) < 4.78 is 18.6. The van der Waals surface area contributed by atoms with E-state index in [2.05, 4.69) is 10.2 Å². The van der Waals surface area contributed by atoms with Crippen LogP contribution in [-0.4, -0.2) is 40.2 Å². The number of carbonyl (C=O) groups excluding carboxylic acids is 1. The minimum absolute atomic E-state index is 0.0256. The Balaban J connectivity index is 1.53. The maximum Gasteiger partial charge on any atom is 0.233 e. The lowest BCUT2D eigenvalue weighted by molar-refractivity contribution is -0.129. The average Bonchev–Trinajstić information content (AvgIpc) is 3.00. The van der Waals surface area contributed by atoms with Crippen molar-refractivity contribution >= 4 is 5.91 Å². The molecule has 3 rings (SSSR count). The third-order valence-electron chi connectivity index (χ3n) is 3.83. The molecule has 1 saturated heterocycles. The van der Waals surface area contributed by atoms with Gasteiger partial charge in [0.15, 0.2) is 0 Å². The molecule has 1 fully saturated rings. The first-order chi connectivity index (χ1) is 11.1. The molecule has 120 valence electrons. The Morgan fingerprint density at radius 1 is 1.26 bits per heavy atom. The van der Waals surface area contributed by atoms with Crippen LogP contribution in [0.25, 0.3) is 0 Å². The molecule has 0 N–H and O–H groups in total. The van der Waals surface area contributed by atoms with Crippen molar-refractivity contribution in [3.05, 3.63) is 53.5 Å². The molecule has 0 bridgehead atoms. The van der Waals surface area contributed by atoms with Crippen molar-refractivity contribution in [1.82, 2.24) is 15.1 Å². The van der Waals surface area contributed by atoms with Crippen molar-refractivity contribution in [3.63, 3.8) is 0 Å². The van der Waals surface area contributed by atoms with Crippen molar-refractivity contribution in [1.29, 1.82) is 0 Å². The number of ether oxygens (including phenoxy) is 1. The molecule has 23 heavy (non-hydrogen) atoms. The quantitative estimate of drug-likeness (QED) is 0.867. The van der Waals surface area contributed by atoms with E-state index in [0.717, 1.165) is 17.7 Å². The molecule has 1 unspecified atom stereocenters. The predicted molar refractivity (Wildman–Crippen MR) is 82.5 cm³/mol. The average molecular weight is 315 g/mol. The number of rotatable bonds is 4. The van der Waals surface area contributed by atoms with Crippen molar-refractivity contribution in [3.8, 4) is 5.88 Å². The molecule has 2 aromatic rings. The first-order valence-electron chi connectivity index (χ1n) is 7.59. The molecule has 1 amide bonds. The van der Waals surface area contributed by atoms with Gasteiger partial charge in [0.05, 0.1) is 18.7 Å². The fraction of sp³-hybridized carbons (Fsp3) is 0.353. The van der Waals surface area contributed by atoms with Crippen LogP contribution < -0.4 is 4.74 Å². The van der Waals surface area contributed by atoms with E-state index < -0.39 is 0 Å². The lowest BCUT2D eigenvalue weighted by Crippen LogP contribution is -2.32. The van der Waals surface area contributed by atoms with Gasteiger partial charge in [-0.2, -0.15) is 5.10 Å². The van der Waals surface area contributed by atoms with Crippen LogP contribution in [0.2, 0.25) is 0 Å². The van der Waals surface area contributed by atoms with Crippen LogP contribution in [-0.2, 0) is 11.2 Å². The van der Waals surface area contributed by atoms with E-state index in [9.17, 15) is 9.18 Å². The highest BCUT2D eigenvalue weighted by molar-refractivity contribution is 5.79. The lowest BCUT2D eigenvalue weighted by Gasteiger charge is -2.17. The highest BCUT2D eigenvalue weighted by atomic mass is 19.1. The Labute approximate surface area is 134 Å². The minimum atomic E-state index is -0.296. The van der Waals surface area contributed by atoms with Crippen LogP contribution in [0.3, 0.4) is 0 Å². The summed E-state index contributed by atoms with van der Waals surface area (Å²) in [6, 6.07) is 9.64. The molecule has 1 atom stereocenters. The second-order valence-electron chi connectivity index (χ2n) is 5.68. The maximum atomic E-state index is 12.9. The molecule has 5 nitrogen and oxygen atoms in total. The molecular formula is C17H18FN3O2. The minimum Gasteiger partial charge on any atom is -0.471 e. The van der Waals surface area contributed by atoms with E-state index in [4.69, 9.17) is 4.74 Å².